The van der Waals surface area contributed by atoms with Crippen molar-refractivity contribution >= 4 is 53.5 Å². The Labute approximate surface area is 325 Å². The van der Waals surface area contributed by atoms with Crippen LogP contribution in [0.25, 0.3) is 0 Å². The normalized spacial score (nSPS) is 24.1. The second kappa shape index (κ2) is 24.7. The number of nitrogens with one attached hydrogen (secondary N) is 7. The number of carbonyl (C=O) groups excluding carboxylic acids is 5. The molecule has 4 aliphatic heterocycles. The summed E-state index contributed by atoms with van der Waals surface area (Å²) in [5, 5.41) is 21.6. The Morgan fingerprint density at radius 2 is 1.08 bits per heavy atom. The number of urea groups is 2. The predicted octanol–water partition coefficient (Wildman–Crippen LogP) is 4.26. The van der Waals surface area contributed by atoms with E-state index in [1.54, 1.807) is 0 Å². The van der Waals surface area contributed by atoms with Gasteiger partial charge in [-0.3, -0.25) is 9.59 Å². The number of hydrogen-bond acceptors (Lipinski definition) is 9. The van der Waals surface area contributed by atoms with Gasteiger partial charge in [-0.2, -0.15) is 23.5 Å². The Morgan fingerprint density at radius 3 is 1.51 bits per heavy atom. The van der Waals surface area contributed by atoms with Crippen molar-refractivity contribution < 1.29 is 28.7 Å². The number of rotatable bonds is 23. The van der Waals surface area contributed by atoms with Crippen molar-refractivity contribution in [3.05, 3.63) is 0 Å². The highest BCUT2D eigenvalue weighted by atomic mass is 32.2. The van der Waals surface area contributed by atoms with Gasteiger partial charge < -0.3 is 47.7 Å². The Hall–Kier alpha value is -2.59. The van der Waals surface area contributed by atoms with Crippen molar-refractivity contribution in [2.45, 2.75) is 164 Å². The van der Waals surface area contributed by atoms with Gasteiger partial charge in [0.25, 0.3) is 0 Å². The molecule has 0 aromatic carbocycles. The molecule has 0 aromatic heterocycles. The molecule has 0 bridgehead atoms. The van der Waals surface area contributed by atoms with Gasteiger partial charge in [-0.05, 0) is 78.7 Å². The van der Waals surface area contributed by atoms with Crippen LogP contribution in [0, 0.1) is 0 Å². The van der Waals surface area contributed by atoms with Crippen molar-refractivity contribution in [2.24, 2.45) is 5.73 Å². The fraction of sp³-hybridized carbons (Fsp3) is 0.865. The van der Waals surface area contributed by atoms with Crippen LogP contribution in [-0.4, -0.2) is 108 Å². The number of hydrogen-bond donors (Lipinski definition) is 8. The number of carbonyl (C=O) groups is 5. The lowest BCUT2D eigenvalue weighted by atomic mass is 10.0. The Morgan fingerprint density at radius 1 is 0.642 bits per heavy atom. The number of alkyl carbamates (subject to hydrolysis) is 1. The van der Waals surface area contributed by atoms with Crippen molar-refractivity contribution in [3.63, 3.8) is 0 Å². The van der Waals surface area contributed by atoms with Crippen LogP contribution in [0.1, 0.15) is 124 Å². The molecule has 16 heteroatoms. The second-order valence-electron chi connectivity index (χ2n) is 15.5. The van der Waals surface area contributed by atoms with Crippen molar-refractivity contribution in [1.29, 1.82) is 0 Å². The average molecular weight is 785 g/mol. The summed E-state index contributed by atoms with van der Waals surface area (Å²) in [5.41, 5.74) is 4.98. The van der Waals surface area contributed by atoms with E-state index in [1.807, 2.05) is 44.3 Å². The Bertz CT molecular complexity index is 1150. The van der Waals surface area contributed by atoms with E-state index < -0.39 is 5.60 Å². The van der Waals surface area contributed by atoms with Gasteiger partial charge in [0.15, 0.2) is 0 Å². The Kier molecular flexibility index (Phi) is 20.9. The fourth-order valence-corrected chi connectivity index (χ4v) is 10.00. The lowest BCUT2D eigenvalue weighted by Crippen LogP contribution is -2.36. The number of fused-ring (bicyclic) bond motifs is 2. The number of amides is 7. The molecule has 7 amide bonds. The average Bonchev–Trinajstić information content (AvgIpc) is 3.86. The molecule has 0 spiro atoms. The van der Waals surface area contributed by atoms with E-state index in [2.05, 4.69) is 37.2 Å². The standard InChI is InChI=1S/C21H38N4O4S.C16H30N4O2S/c1-21(2,3)29-20(28)23-13-9-5-4-8-12-22-17(26)11-7-6-10-16-18-15(14-30-16)24-19(27)25-18;17-9-5-1-2-6-10-18-14(21)8-4-3-7-13-15-12(11-23-13)19-16(22)20-15/h15-16,18H,4-14H2,1-3H3,(H,22,26)(H,23,28)(H2,24,25,27);12-13,15H,1-11,17H2,(H,18,21)(H2,19,20,22)/t15?,16-,18-;12?,13-,15-/m00/s1. The van der Waals surface area contributed by atoms with Gasteiger partial charge >= 0.3 is 18.2 Å². The molecule has 4 fully saturated rings. The molecule has 0 aromatic rings. The minimum Gasteiger partial charge on any atom is -0.444 e. The van der Waals surface area contributed by atoms with Gasteiger partial charge in [-0.1, -0.05) is 38.5 Å². The van der Waals surface area contributed by atoms with Crippen LogP contribution in [0.5, 0.6) is 0 Å². The molecule has 0 saturated carbocycles. The van der Waals surface area contributed by atoms with Gasteiger partial charge in [0.05, 0.1) is 24.2 Å². The van der Waals surface area contributed by atoms with Crippen molar-refractivity contribution in [3.8, 4) is 0 Å². The topological polar surface area (TPSA) is 205 Å². The summed E-state index contributed by atoms with van der Waals surface area (Å²) < 4.78 is 5.18. The van der Waals surface area contributed by atoms with Gasteiger partial charge in [0, 0.05) is 54.5 Å². The Balaban J connectivity index is 0.000000295. The SMILES string of the molecule is CC(C)(C)OC(=O)NCCCCCCNC(=O)CCCC[C@@H]1SCC2NC(=O)N[C@@H]21.NCCCCCCNC(=O)CCCC[C@@H]1SCC2NC(=O)N[C@@H]21. The molecular formula is C37H68N8O6S2. The van der Waals surface area contributed by atoms with Crippen LogP contribution in [0.15, 0.2) is 0 Å². The molecule has 4 saturated heterocycles. The molecule has 9 N–H and O–H groups in total. The number of ether oxygens (including phenoxy) is 1. The van der Waals surface area contributed by atoms with Crippen LogP contribution < -0.4 is 43.0 Å². The van der Waals surface area contributed by atoms with Crippen LogP contribution in [-0.2, 0) is 14.3 Å². The third-order valence-corrected chi connectivity index (χ3v) is 12.7. The smallest absolute Gasteiger partial charge is 0.407 e. The first kappa shape index (κ1) is 44.8. The predicted molar refractivity (Wildman–Crippen MR) is 214 cm³/mol. The molecule has 0 radical (unpaired) electrons. The van der Waals surface area contributed by atoms with E-state index in [1.165, 1.54) is 0 Å². The molecule has 4 aliphatic rings. The summed E-state index contributed by atoms with van der Waals surface area (Å²) in [4.78, 5) is 57.9. The summed E-state index contributed by atoms with van der Waals surface area (Å²) in [5.74, 6) is 2.26. The summed E-state index contributed by atoms with van der Waals surface area (Å²) >= 11 is 3.85. The maximum absolute atomic E-state index is 11.9. The molecule has 14 nitrogen and oxygen atoms in total. The summed E-state index contributed by atoms with van der Waals surface area (Å²) in [6, 6.07) is 1.000. The minimum absolute atomic E-state index is 0.0314. The van der Waals surface area contributed by atoms with Crippen molar-refractivity contribution in [2.75, 3.05) is 37.7 Å². The molecule has 2 unspecified atom stereocenters. The highest BCUT2D eigenvalue weighted by Gasteiger charge is 2.43. The molecule has 304 valence electrons. The van der Waals surface area contributed by atoms with Gasteiger partial charge in [-0.25, -0.2) is 14.4 Å². The van der Waals surface area contributed by atoms with E-state index in [9.17, 15) is 24.0 Å². The van der Waals surface area contributed by atoms with Crippen LogP contribution in [0.3, 0.4) is 0 Å². The maximum atomic E-state index is 11.9. The zero-order chi connectivity index (χ0) is 38.5. The van der Waals surface area contributed by atoms with Crippen molar-refractivity contribution in [1.82, 2.24) is 37.2 Å². The number of nitrogens with two attached hydrogens (primary N) is 1. The zero-order valence-electron chi connectivity index (χ0n) is 32.4. The first-order valence-corrected chi connectivity index (χ1v) is 22.1. The third-order valence-electron chi connectivity index (χ3n) is 9.71. The van der Waals surface area contributed by atoms with E-state index in [0.29, 0.717) is 42.5 Å². The van der Waals surface area contributed by atoms with Crippen LogP contribution in [0.2, 0.25) is 0 Å². The zero-order valence-corrected chi connectivity index (χ0v) is 34.0. The van der Waals surface area contributed by atoms with Gasteiger partial charge in [-0.15, -0.1) is 0 Å². The van der Waals surface area contributed by atoms with E-state index in [-0.39, 0.29) is 48.1 Å². The molecule has 0 aliphatic carbocycles. The summed E-state index contributed by atoms with van der Waals surface area (Å²) in [6.45, 7) is 8.39. The fourth-order valence-electron chi connectivity index (χ4n) is 6.91. The molecule has 4 rings (SSSR count). The summed E-state index contributed by atoms with van der Waals surface area (Å²) in [6.07, 6.45) is 15.1. The van der Waals surface area contributed by atoms with E-state index >= 15 is 0 Å². The molecule has 6 atom stereocenters. The first-order valence-electron chi connectivity index (χ1n) is 20.0. The lowest BCUT2D eigenvalue weighted by Gasteiger charge is -2.19. The van der Waals surface area contributed by atoms with E-state index in [0.717, 1.165) is 114 Å². The second-order valence-corrected chi connectivity index (χ2v) is 18.0. The lowest BCUT2D eigenvalue weighted by molar-refractivity contribution is -0.122. The summed E-state index contributed by atoms with van der Waals surface area (Å²) in [7, 11) is 0. The maximum Gasteiger partial charge on any atom is 0.407 e. The third kappa shape index (κ3) is 18.5. The monoisotopic (exact) mass is 784 g/mol. The number of unbranched alkanes of at least 4 members (excludes halogenated alkanes) is 8. The van der Waals surface area contributed by atoms with Gasteiger partial charge in [0.1, 0.15) is 5.60 Å². The van der Waals surface area contributed by atoms with Crippen LogP contribution >= 0.6 is 23.5 Å². The number of thioether (sulfide) groups is 2. The first-order chi connectivity index (χ1) is 25.4. The highest BCUT2D eigenvalue weighted by molar-refractivity contribution is 8.00. The van der Waals surface area contributed by atoms with Gasteiger partial charge in [0.2, 0.25) is 11.8 Å². The molecular weight excluding hydrogens is 717 g/mol. The quantitative estimate of drug-likeness (QED) is 0.0550. The van der Waals surface area contributed by atoms with Crippen LogP contribution in [0.4, 0.5) is 14.4 Å². The molecule has 53 heavy (non-hydrogen) atoms. The molecule has 4 heterocycles. The highest BCUT2D eigenvalue weighted by Crippen LogP contribution is 2.34. The van der Waals surface area contributed by atoms with E-state index in [4.69, 9.17) is 10.5 Å². The minimum atomic E-state index is -0.466. The largest absolute Gasteiger partial charge is 0.444 e.